The number of ketones is 1. The number of hydrogen-bond donors (Lipinski definition) is 2. The highest BCUT2D eigenvalue weighted by Gasteiger charge is 2.25. The zero-order valence-electron chi connectivity index (χ0n) is 10.8. The first kappa shape index (κ1) is 15.1. The van der Waals surface area contributed by atoms with Crippen molar-refractivity contribution < 1.29 is 14.3 Å². The molecule has 0 radical (unpaired) electrons. The quantitative estimate of drug-likeness (QED) is 0.610. The summed E-state index contributed by atoms with van der Waals surface area (Å²) in [6, 6.07) is 7.02. The Morgan fingerprint density at radius 1 is 1.37 bits per heavy atom. The maximum absolute atomic E-state index is 11.3. The highest BCUT2D eigenvalue weighted by atomic mass is 32.1. The van der Waals surface area contributed by atoms with Gasteiger partial charge in [0, 0.05) is 5.69 Å². The van der Waals surface area contributed by atoms with Gasteiger partial charge in [-0.1, -0.05) is 12.2 Å². The first-order valence-corrected chi connectivity index (χ1v) is 6.20. The maximum Gasteiger partial charge on any atom is 0.234 e. The molecule has 1 rings (SSSR count). The van der Waals surface area contributed by atoms with Crippen LogP contribution in [-0.4, -0.2) is 23.3 Å². The van der Waals surface area contributed by atoms with E-state index in [0.717, 1.165) is 5.75 Å². The van der Waals surface area contributed by atoms with Crippen LogP contribution in [0.3, 0.4) is 0 Å². The molecule has 0 saturated heterocycles. The Morgan fingerprint density at radius 2 is 1.95 bits per heavy atom. The molecule has 102 valence electrons. The lowest BCUT2D eigenvalue weighted by atomic mass is 10.0. The molecule has 1 amide bonds. The molecular weight excluding hydrogens is 264 g/mol. The van der Waals surface area contributed by atoms with Crippen molar-refractivity contribution in [3.63, 3.8) is 0 Å². The van der Waals surface area contributed by atoms with Crippen LogP contribution < -0.4 is 15.8 Å². The normalized spacial score (nSPS) is 11.5. The molecule has 1 atom stereocenters. The van der Waals surface area contributed by atoms with Crippen molar-refractivity contribution in [3.8, 4) is 5.75 Å². The van der Waals surface area contributed by atoms with E-state index >= 15 is 0 Å². The number of hydrogen-bond acceptors (Lipinski definition) is 4. The van der Waals surface area contributed by atoms with E-state index in [2.05, 4.69) is 5.32 Å². The fourth-order valence-electron chi connectivity index (χ4n) is 1.53. The first-order chi connectivity index (χ1) is 8.95. The van der Waals surface area contributed by atoms with E-state index in [1.54, 1.807) is 24.3 Å². The Balaban J connectivity index is 2.75. The van der Waals surface area contributed by atoms with Gasteiger partial charge < -0.3 is 15.8 Å². The summed E-state index contributed by atoms with van der Waals surface area (Å²) >= 11 is 5.03. The first-order valence-electron chi connectivity index (χ1n) is 5.79. The number of carbonyl (C=O) groups excluding carboxylic acids is 2. The Labute approximate surface area is 117 Å². The number of anilines is 1. The van der Waals surface area contributed by atoms with Gasteiger partial charge in [0.1, 0.15) is 17.5 Å². The zero-order chi connectivity index (χ0) is 14.4. The second-order valence-corrected chi connectivity index (χ2v) is 4.33. The Hall–Kier alpha value is -1.95. The highest BCUT2D eigenvalue weighted by Crippen LogP contribution is 2.17. The summed E-state index contributed by atoms with van der Waals surface area (Å²) in [6.07, 6.45) is 0. The minimum Gasteiger partial charge on any atom is -0.494 e. The zero-order valence-corrected chi connectivity index (χ0v) is 11.6. The number of carbonyl (C=O) groups is 2. The number of rotatable bonds is 6. The molecule has 0 aliphatic rings. The molecule has 0 aliphatic heterocycles. The van der Waals surface area contributed by atoms with Crippen molar-refractivity contribution in [3.05, 3.63) is 24.3 Å². The number of thiocarbonyl (C=S) groups is 1. The molecule has 0 aliphatic carbocycles. The predicted octanol–water partition coefficient (Wildman–Crippen LogP) is 1.52. The van der Waals surface area contributed by atoms with E-state index in [9.17, 15) is 9.59 Å². The predicted molar refractivity (Wildman–Crippen MR) is 77.2 cm³/mol. The van der Waals surface area contributed by atoms with E-state index in [0.29, 0.717) is 12.3 Å². The molecule has 5 nitrogen and oxygen atoms in total. The largest absolute Gasteiger partial charge is 0.494 e. The molecule has 0 spiro atoms. The van der Waals surface area contributed by atoms with E-state index in [1.165, 1.54) is 6.92 Å². The molecule has 0 bridgehead atoms. The number of amides is 1. The third kappa shape index (κ3) is 4.33. The van der Waals surface area contributed by atoms with Crippen LogP contribution in [0.15, 0.2) is 24.3 Å². The van der Waals surface area contributed by atoms with Gasteiger partial charge in [-0.2, -0.15) is 0 Å². The van der Waals surface area contributed by atoms with Gasteiger partial charge in [0.05, 0.1) is 11.6 Å². The summed E-state index contributed by atoms with van der Waals surface area (Å²) in [6.45, 7) is 3.76. The summed E-state index contributed by atoms with van der Waals surface area (Å²) in [5.74, 6) is -1.49. The average molecular weight is 280 g/mol. The molecule has 1 unspecified atom stereocenters. The summed E-state index contributed by atoms with van der Waals surface area (Å²) < 4.78 is 5.30. The Morgan fingerprint density at radius 3 is 2.37 bits per heavy atom. The minimum atomic E-state index is -1.10. The number of ether oxygens (including phenoxy) is 1. The van der Waals surface area contributed by atoms with Gasteiger partial charge in [0.25, 0.3) is 0 Å². The van der Waals surface area contributed by atoms with Crippen molar-refractivity contribution >= 4 is 34.6 Å². The second-order valence-electron chi connectivity index (χ2n) is 3.89. The lowest BCUT2D eigenvalue weighted by Crippen LogP contribution is -2.37. The van der Waals surface area contributed by atoms with Crippen LogP contribution in [0.25, 0.3) is 0 Å². The lowest BCUT2D eigenvalue weighted by Gasteiger charge is -2.14. The number of nitrogens with two attached hydrogens (primary N) is 1. The van der Waals surface area contributed by atoms with Crippen molar-refractivity contribution in [2.75, 3.05) is 11.9 Å². The van der Waals surface area contributed by atoms with Crippen LogP contribution in [0.5, 0.6) is 5.75 Å². The van der Waals surface area contributed by atoms with Crippen LogP contribution in [0.4, 0.5) is 5.69 Å². The van der Waals surface area contributed by atoms with Gasteiger partial charge >= 0.3 is 0 Å². The van der Waals surface area contributed by atoms with E-state index in [4.69, 9.17) is 22.7 Å². The van der Waals surface area contributed by atoms with Gasteiger partial charge in [0.15, 0.2) is 0 Å². The smallest absolute Gasteiger partial charge is 0.234 e. The molecule has 0 heterocycles. The van der Waals surface area contributed by atoms with Crippen LogP contribution in [0.2, 0.25) is 0 Å². The number of nitrogens with one attached hydrogen (secondary N) is 1. The summed E-state index contributed by atoms with van der Waals surface area (Å²) in [7, 11) is 0. The molecule has 0 fully saturated rings. The van der Waals surface area contributed by atoms with Gasteiger partial charge in [-0.05, 0) is 38.1 Å². The summed E-state index contributed by atoms with van der Waals surface area (Å²) in [4.78, 5) is 22.6. The van der Waals surface area contributed by atoms with Gasteiger partial charge in [0.2, 0.25) is 5.91 Å². The maximum atomic E-state index is 11.3. The molecule has 6 heteroatoms. The summed E-state index contributed by atoms with van der Waals surface area (Å²) in [5.41, 5.74) is 5.82. The molecule has 1 aromatic carbocycles. The lowest BCUT2D eigenvalue weighted by molar-refractivity contribution is -0.128. The van der Waals surface area contributed by atoms with Gasteiger partial charge in [-0.3, -0.25) is 9.59 Å². The standard InChI is InChI=1S/C13H16N2O3S/c1-3-18-10-6-4-9(5-7-10)15-13(19)11(8(2)16)12(14)17/h4-7,11H,3H2,1-2H3,(H2,14,17)(H,15,19). The van der Waals surface area contributed by atoms with Gasteiger partial charge in [-0.15, -0.1) is 0 Å². The monoisotopic (exact) mass is 280 g/mol. The molecule has 0 saturated carbocycles. The van der Waals surface area contributed by atoms with Crippen LogP contribution in [0, 0.1) is 5.92 Å². The Kier molecular flexibility index (Phi) is 5.44. The van der Waals surface area contributed by atoms with E-state index in [-0.39, 0.29) is 10.8 Å². The number of primary amides is 1. The van der Waals surface area contributed by atoms with Crippen molar-refractivity contribution in [2.24, 2.45) is 11.7 Å². The fraction of sp³-hybridized carbons (Fsp3) is 0.308. The second kappa shape index (κ2) is 6.84. The van der Waals surface area contributed by atoms with Crippen LogP contribution in [0.1, 0.15) is 13.8 Å². The topological polar surface area (TPSA) is 81.4 Å². The van der Waals surface area contributed by atoms with E-state index in [1.807, 2.05) is 6.92 Å². The van der Waals surface area contributed by atoms with E-state index < -0.39 is 11.8 Å². The average Bonchev–Trinajstić information content (AvgIpc) is 2.31. The fourth-order valence-corrected chi connectivity index (χ4v) is 1.93. The molecular formula is C13H16N2O3S. The third-order valence-electron chi connectivity index (χ3n) is 2.39. The number of Topliss-reactive ketones (excluding diaryl/α,β-unsaturated/α-hetero) is 1. The number of benzene rings is 1. The van der Waals surface area contributed by atoms with Crippen molar-refractivity contribution in [2.45, 2.75) is 13.8 Å². The molecule has 3 N–H and O–H groups in total. The van der Waals surface area contributed by atoms with Crippen molar-refractivity contribution in [1.82, 2.24) is 0 Å². The van der Waals surface area contributed by atoms with Crippen molar-refractivity contribution in [1.29, 1.82) is 0 Å². The SMILES string of the molecule is CCOc1ccc(NC(=S)C(C(C)=O)C(N)=O)cc1. The van der Waals surface area contributed by atoms with Crippen LogP contribution in [-0.2, 0) is 9.59 Å². The molecule has 0 aromatic heterocycles. The van der Waals surface area contributed by atoms with Gasteiger partial charge in [-0.25, -0.2) is 0 Å². The molecule has 19 heavy (non-hydrogen) atoms. The van der Waals surface area contributed by atoms with Crippen LogP contribution >= 0.6 is 12.2 Å². The molecule has 1 aromatic rings. The summed E-state index contributed by atoms with van der Waals surface area (Å²) in [5, 5.41) is 2.83. The highest BCUT2D eigenvalue weighted by molar-refractivity contribution is 7.80. The Bertz CT molecular complexity index is 471. The third-order valence-corrected chi connectivity index (χ3v) is 2.72. The minimum absolute atomic E-state index is 0.101.